The number of phenols is 1. The van der Waals surface area contributed by atoms with Gasteiger partial charge < -0.3 is 14.7 Å². The van der Waals surface area contributed by atoms with E-state index in [4.69, 9.17) is 16.3 Å². The van der Waals surface area contributed by atoms with Crippen molar-refractivity contribution < 1.29 is 19.0 Å². The highest BCUT2D eigenvalue weighted by molar-refractivity contribution is 6.31. The summed E-state index contributed by atoms with van der Waals surface area (Å²) in [6.45, 7) is 1.57. The van der Waals surface area contributed by atoms with Gasteiger partial charge in [-0.15, -0.1) is 0 Å². The maximum Gasteiger partial charge on any atom is 0.414 e. The van der Waals surface area contributed by atoms with Crippen LogP contribution in [0, 0.1) is 5.82 Å². The van der Waals surface area contributed by atoms with Crippen LogP contribution in [0.25, 0.3) is 11.1 Å². The summed E-state index contributed by atoms with van der Waals surface area (Å²) in [6.07, 6.45) is 0.118. The van der Waals surface area contributed by atoms with Crippen molar-refractivity contribution in [3.63, 3.8) is 0 Å². The van der Waals surface area contributed by atoms with E-state index in [2.05, 4.69) is 4.90 Å². The maximum absolute atomic E-state index is 13.8. The molecule has 1 heterocycles. The molecule has 3 rings (SSSR count). The highest BCUT2D eigenvalue weighted by atomic mass is 35.5. The number of hydrogen-bond acceptors (Lipinski definition) is 4. The first-order valence-corrected chi connectivity index (χ1v) is 8.63. The predicted molar refractivity (Wildman–Crippen MR) is 99.3 cm³/mol. The van der Waals surface area contributed by atoms with Gasteiger partial charge in [-0.1, -0.05) is 11.6 Å². The first-order chi connectivity index (χ1) is 12.3. The molecule has 1 N–H and O–H groups in total. The van der Waals surface area contributed by atoms with Crippen molar-refractivity contribution in [2.24, 2.45) is 0 Å². The van der Waals surface area contributed by atoms with Gasteiger partial charge in [-0.2, -0.15) is 0 Å². The van der Waals surface area contributed by atoms with E-state index in [1.807, 2.05) is 7.05 Å². The average Bonchev–Trinajstić information content (AvgIpc) is 2.98. The van der Waals surface area contributed by atoms with E-state index in [0.717, 1.165) is 13.0 Å². The Balaban J connectivity index is 1.90. The lowest BCUT2D eigenvalue weighted by Gasteiger charge is -2.23. The molecule has 1 saturated heterocycles. The molecule has 1 fully saturated rings. The Hall–Kier alpha value is -2.31. The van der Waals surface area contributed by atoms with Gasteiger partial charge in [-0.05, 0) is 55.4 Å². The number of benzene rings is 2. The number of amides is 1. The smallest absolute Gasteiger partial charge is 0.414 e. The summed E-state index contributed by atoms with van der Waals surface area (Å²) in [7, 11) is 3.55. The molecule has 2 aromatic carbocycles. The number of likely N-dealkylation sites (tertiary alicyclic amines) is 1. The molecule has 0 bridgehead atoms. The molecule has 26 heavy (non-hydrogen) atoms. The molecule has 1 aliphatic heterocycles. The Kier molecular flexibility index (Phi) is 5.34. The second kappa shape index (κ2) is 7.51. The quantitative estimate of drug-likeness (QED) is 0.872. The van der Waals surface area contributed by atoms with Crippen LogP contribution in [-0.2, 0) is 4.74 Å². The molecule has 0 spiro atoms. The molecule has 5 nitrogen and oxygen atoms in total. The molecular weight excluding hydrogens is 359 g/mol. The lowest BCUT2D eigenvalue weighted by atomic mass is 10.0. The van der Waals surface area contributed by atoms with E-state index in [-0.39, 0.29) is 11.9 Å². The van der Waals surface area contributed by atoms with Crippen LogP contribution in [0.1, 0.15) is 6.42 Å². The summed E-state index contributed by atoms with van der Waals surface area (Å²) in [4.78, 5) is 16.0. The molecule has 0 radical (unpaired) electrons. The second-order valence-electron chi connectivity index (χ2n) is 6.48. The van der Waals surface area contributed by atoms with E-state index < -0.39 is 11.9 Å². The molecule has 7 heteroatoms. The fourth-order valence-electron chi connectivity index (χ4n) is 3.07. The van der Waals surface area contributed by atoms with E-state index in [9.17, 15) is 14.3 Å². The van der Waals surface area contributed by atoms with E-state index in [1.165, 1.54) is 35.2 Å². The van der Waals surface area contributed by atoms with Crippen molar-refractivity contribution in [1.29, 1.82) is 0 Å². The minimum Gasteiger partial charge on any atom is -0.508 e. The molecule has 0 unspecified atom stereocenters. The number of likely N-dealkylation sites (N-methyl/N-ethyl adjacent to an activating group) is 1. The molecule has 2 aromatic rings. The van der Waals surface area contributed by atoms with Crippen LogP contribution in [0.15, 0.2) is 36.4 Å². The van der Waals surface area contributed by atoms with Gasteiger partial charge >= 0.3 is 6.09 Å². The Labute approximate surface area is 156 Å². The number of carbonyl (C=O) groups is 1. The van der Waals surface area contributed by atoms with Gasteiger partial charge in [-0.3, -0.25) is 4.90 Å². The highest BCUT2D eigenvalue weighted by Crippen LogP contribution is 2.35. The topological polar surface area (TPSA) is 53.0 Å². The summed E-state index contributed by atoms with van der Waals surface area (Å²) < 4.78 is 19.4. The number of ether oxygens (including phenoxy) is 1. The number of aromatic hydroxyl groups is 1. The van der Waals surface area contributed by atoms with Crippen LogP contribution < -0.4 is 4.90 Å². The van der Waals surface area contributed by atoms with Gasteiger partial charge in [0.25, 0.3) is 0 Å². The number of carbonyl (C=O) groups excluding carboxylic acids is 1. The van der Waals surface area contributed by atoms with Crippen LogP contribution in [0.3, 0.4) is 0 Å². The summed E-state index contributed by atoms with van der Waals surface area (Å²) >= 11 is 6.00. The Morgan fingerprint density at radius 2 is 2.12 bits per heavy atom. The van der Waals surface area contributed by atoms with Crippen LogP contribution >= 0.6 is 11.6 Å². The normalized spacial score (nSPS) is 17.3. The zero-order chi connectivity index (χ0) is 18.8. The van der Waals surface area contributed by atoms with Gasteiger partial charge in [-0.25, -0.2) is 9.18 Å². The SMILES string of the molecule is CN1CC[C@@H](OC(=O)N(C)c2ccc(F)cc2-c2cc(O)cc(Cl)c2)C1. The number of nitrogens with zero attached hydrogens (tertiary/aromatic N) is 2. The summed E-state index contributed by atoms with van der Waals surface area (Å²) in [5, 5.41) is 10.1. The van der Waals surface area contributed by atoms with Gasteiger partial charge in [0.2, 0.25) is 0 Å². The zero-order valence-corrected chi connectivity index (χ0v) is 15.3. The van der Waals surface area contributed by atoms with Crippen molar-refractivity contribution in [1.82, 2.24) is 4.90 Å². The van der Waals surface area contributed by atoms with Crippen LogP contribution in [0.2, 0.25) is 5.02 Å². The maximum atomic E-state index is 13.8. The highest BCUT2D eigenvalue weighted by Gasteiger charge is 2.26. The van der Waals surface area contributed by atoms with Gasteiger partial charge in [0.1, 0.15) is 17.7 Å². The average molecular weight is 379 g/mol. The fourth-order valence-corrected chi connectivity index (χ4v) is 3.30. The first-order valence-electron chi connectivity index (χ1n) is 8.26. The Morgan fingerprint density at radius 3 is 2.77 bits per heavy atom. The molecule has 1 amide bonds. The number of anilines is 1. The largest absolute Gasteiger partial charge is 0.508 e. The minimum absolute atomic E-state index is 0.0399. The van der Waals surface area contributed by atoms with E-state index in [0.29, 0.717) is 28.4 Å². The summed E-state index contributed by atoms with van der Waals surface area (Å²) in [6, 6.07) is 8.53. The molecule has 0 aromatic heterocycles. The van der Waals surface area contributed by atoms with E-state index >= 15 is 0 Å². The number of halogens is 2. The lowest BCUT2D eigenvalue weighted by Crippen LogP contribution is -2.32. The molecule has 138 valence electrons. The van der Waals surface area contributed by atoms with Crippen molar-refractivity contribution in [2.75, 3.05) is 32.1 Å². The fraction of sp³-hybridized carbons (Fsp3) is 0.316. The summed E-state index contributed by atoms with van der Waals surface area (Å²) in [5.74, 6) is -0.496. The Bertz CT molecular complexity index is 810. The lowest BCUT2D eigenvalue weighted by molar-refractivity contribution is 0.110. The van der Waals surface area contributed by atoms with Crippen LogP contribution in [-0.4, -0.2) is 49.4 Å². The van der Waals surface area contributed by atoms with Gasteiger partial charge in [0.05, 0.1) is 5.69 Å². The number of rotatable bonds is 3. The third-order valence-corrected chi connectivity index (χ3v) is 4.62. The molecule has 1 atom stereocenters. The van der Waals surface area contributed by atoms with Crippen LogP contribution in [0.4, 0.5) is 14.9 Å². The summed E-state index contributed by atoms with van der Waals surface area (Å²) in [5.41, 5.74) is 1.40. The predicted octanol–water partition coefficient (Wildman–Crippen LogP) is 4.13. The molecular formula is C19H20ClFN2O3. The molecule has 1 aliphatic rings. The van der Waals surface area contributed by atoms with E-state index in [1.54, 1.807) is 13.1 Å². The van der Waals surface area contributed by atoms with Gasteiger partial charge in [0, 0.05) is 30.7 Å². The number of phenolic OH excluding ortho intramolecular Hbond substituents is 1. The van der Waals surface area contributed by atoms with Crippen LogP contribution in [0.5, 0.6) is 5.75 Å². The van der Waals surface area contributed by atoms with Crippen molar-refractivity contribution in [3.05, 3.63) is 47.2 Å². The molecule has 0 saturated carbocycles. The monoisotopic (exact) mass is 378 g/mol. The molecule has 0 aliphatic carbocycles. The third kappa shape index (κ3) is 4.08. The second-order valence-corrected chi connectivity index (χ2v) is 6.91. The number of hydrogen-bond donors (Lipinski definition) is 1. The minimum atomic E-state index is -0.510. The Morgan fingerprint density at radius 1 is 1.35 bits per heavy atom. The zero-order valence-electron chi connectivity index (χ0n) is 14.6. The van der Waals surface area contributed by atoms with Gasteiger partial charge in [0.15, 0.2) is 0 Å². The first kappa shape index (κ1) is 18.5. The standard InChI is InChI=1S/C19H20ClFN2O3/c1-22-6-5-16(11-22)26-19(25)23(2)18-4-3-14(21)10-17(18)12-7-13(20)9-15(24)8-12/h3-4,7-10,16,24H,5-6,11H2,1-2H3/t16-/m1/s1. The van der Waals surface area contributed by atoms with Crippen molar-refractivity contribution in [2.45, 2.75) is 12.5 Å². The third-order valence-electron chi connectivity index (χ3n) is 4.40. The van der Waals surface area contributed by atoms with Crippen molar-refractivity contribution >= 4 is 23.4 Å². The van der Waals surface area contributed by atoms with Crippen molar-refractivity contribution in [3.8, 4) is 16.9 Å².